The van der Waals surface area contributed by atoms with E-state index in [9.17, 15) is 9.59 Å². The van der Waals surface area contributed by atoms with Crippen molar-refractivity contribution >= 4 is 27.8 Å². The molecule has 7 nitrogen and oxygen atoms in total. The highest BCUT2D eigenvalue weighted by atomic mass is 79.9. The molecule has 1 aliphatic heterocycles. The molecule has 1 saturated carbocycles. The van der Waals surface area contributed by atoms with Crippen LogP contribution in [-0.4, -0.2) is 50.6 Å². The van der Waals surface area contributed by atoms with Gasteiger partial charge in [-0.3, -0.25) is 4.79 Å². The second-order valence-corrected chi connectivity index (χ2v) is 8.27. The molecule has 1 aliphatic carbocycles. The van der Waals surface area contributed by atoms with Crippen LogP contribution in [0.5, 0.6) is 5.75 Å². The maximum atomic E-state index is 13.0. The van der Waals surface area contributed by atoms with Crippen molar-refractivity contribution in [1.29, 1.82) is 0 Å². The topological polar surface area (TPSA) is 83.1 Å². The number of carbonyl (C=O) groups is 2. The van der Waals surface area contributed by atoms with Crippen molar-refractivity contribution in [3.8, 4) is 17.6 Å². The molecule has 8 heteroatoms. The molecule has 2 aliphatic rings. The van der Waals surface area contributed by atoms with Gasteiger partial charge in [0.15, 0.2) is 5.79 Å². The molecule has 0 unspecified atom stereocenters. The number of rotatable bonds is 5. The van der Waals surface area contributed by atoms with Crippen molar-refractivity contribution in [3.05, 3.63) is 27.7 Å². The Kier molecular flexibility index (Phi) is 7.06. The molecule has 0 bridgehead atoms. The molecule has 0 atom stereocenters. The van der Waals surface area contributed by atoms with Crippen molar-refractivity contribution in [2.45, 2.75) is 50.4 Å². The molecule has 1 heterocycles. The fourth-order valence-corrected chi connectivity index (χ4v) is 4.65. The number of esters is 1. The summed E-state index contributed by atoms with van der Waals surface area (Å²) in [6, 6.07) is 3.63. The van der Waals surface area contributed by atoms with E-state index in [-0.39, 0.29) is 12.3 Å². The minimum atomic E-state index is -1.10. The number of amides is 1. The van der Waals surface area contributed by atoms with Gasteiger partial charge in [-0.25, -0.2) is 4.79 Å². The number of benzene rings is 1. The molecule has 30 heavy (non-hydrogen) atoms. The summed E-state index contributed by atoms with van der Waals surface area (Å²) < 4.78 is 22.7. The van der Waals surface area contributed by atoms with Gasteiger partial charge in [0, 0.05) is 28.4 Å². The standard InChI is InChI=1S/C22H26BrNO6/c1-4-5-15-12-17(23)16(18(13-15)27-2)14-19(25)24-21(20(26)28-3)6-8-22(9-7-21)29-10-11-30-22/h12-13H,6-11,14H2,1-3H3,(H,24,25). The predicted octanol–water partition coefficient (Wildman–Crippen LogP) is 2.72. The largest absolute Gasteiger partial charge is 0.496 e. The highest BCUT2D eigenvalue weighted by molar-refractivity contribution is 9.10. The van der Waals surface area contributed by atoms with Gasteiger partial charge in [0.2, 0.25) is 5.91 Å². The molecule has 0 aromatic heterocycles. The summed E-state index contributed by atoms with van der Waals surface area (Å²) in [6.07, 6.45) is 1.84. The molecular formula is C22H26BrNO6. The first-order valence-electron chi connectivity index (χ1n) is 9.83. The average Bonchev–Trinajstić information content (AvgIpc) is 3.19. The van der Waals surface area contributed by atoms with Crippen LogP contribution in [0.1, 0.15) is 43.7 Å². The van der Waals surface area contributed by atoms with Crippen molar-refractivity contribution in [3.63, 3.8) is 0 Å². The normalized spacial score (nSPS) is 18.9. The first-order chi connectivity index (χ1) is 14.4. The summed E-state index contributed by atoms with van der Waals surface area (Å²) in [5.41, 5.74) is 0.372. The van der Waals surface area contributed by atoms with E-state index in [2.05, 4.69) is 33.1 Å². The molecular weight excluding hydrogens is 454 g/mol. The molecule has 1 aromatic rings. The minimum absolute atomic E-state index is 0.0421. The Bertz CT molecular complexity index is 872. The van der Waals surface area contributed by atoms with Crippen molar-refractivity contribution in [2.24, 2.45) is 0 Å². The lowest BCUT2D eigenvalue weighted by Gasteiger charge is -2.42. The van der Waals surface area contributed by atoms with Crippen LogP contribution in [-0.2, 0) is 30.2 Å². The predicted molar refractivity (Wildman–Crippen MR) is 113 cm³/mol. The Balaban J connectivity index is 1.77. The van der Waals surface area contributed by atoms with Gasteiger partial charge in [-0.2, -0.15) is 0 Å². The Morgan fingerprint density at radius 3 is 2.40 bits per heavy atom. The second kappa shape index (κ2) is 9.38. The number of methoxy groups -OCH3 is 2. The van der Waals surface area contributed by atoms with Crippen LogP contribution in [0.3, 0.4) is 0 Å². The summed E-state index contributed by atoms with van der Waals surface area (Å²) in [6.45, 7) is 2.84. The molecule has 3 rings (SSSR count). The number of carbonyl (C=O) groups excluding carboxylic acids is 2. The summed E-state index contributed by atoms with van der Waals surface area (Å²) >= 11 is 3.51. The van der Waals surface area contributed by atoms with Gasteiger partial charge in [-0.15, -0.1) is 5.92 Å². The quantitative estimate of drug-likeness (QED) is 0.516. The average molecular weight is 480 g/mol. The van der Waals surface area contributed by atoms with E-state index >= 15 is 0 Å². The van der Waals surface area contributed by atoms with Gasteiger partial charge in [-0.1, -0.05) is 21.9 Å². The van der Waals surface area contributed by atoms with E-state index in [1.807, 2.05) is 6.07 Å². The SMILES string of the molecule is CC#Cc1cc(Br)c(CC(=O)NC2(C(=O)OC)CCC3(CC2)OCCO3)c(OC)c1. The summed E-state index contributed by atoms with van der Waals surface area (Å²) in [5, 5.41) is 2.93. The molecule has 162 valence electrons. The van der Waals surface area contributed by atoms with Crippen molar-refractivity contribution in [2.75, 3.05) is 27.4 Å². The Morgan fingerprint density at radius 2 is 1.83 bits per heavy atom. The smallest absolute Gasteiger partial charge is 0.331 e. The van der Waals surface area contributed by atoms with Crippen LogP contribution in [0, 0.1) is 11.8 Å². The first-order valence-corrected chi connectivity index (χ1v) is 10.6. The fourth-order valence-electron chi connectivity index (χ4n) is 4.07. The lowest BCUT2D eigenvalue weighted by atomic mass is 9.78. The van der Waals surface area contributed by atoms with Gasteiger partial charge < -0.3 is 24.3 Å². The zero-order valence-corrected chi connectivity index (χ0v) is 19.0. The first kappa shape index (κ1) is 22.6. The van der Waals surface area contributed by atoms with E-state index in [1.165, 1.54) is 7.11 Å². The monoisotopic (exact) mass is 479 g/mol. The number of ether oxygens (including phenoxy) is 4. The maximum absolute atomic E-state index is 13.0. The van der Waals surface area contributed by atoms with Crippen LogP contribution >= 0.6 is 15.9 Å². The molecule has 1 aromatic carbocycles. The molecule has 1 N–H and O–H groups in total. The number of halogens is 1. The van der Waals surface area contributed by atoms with Crippen LogP contribution in [0.15, 0.2) is 16.6 Å². The fraction of sp³-hybridized carbons (Fsp3) is 0.545. The summed E-state index contributed by atoms with van der Waals surface area (Å²) in [7, 11) is 2.88. The molecule has 2 fully saturated rings. The van der Waals surface area contributed by atoms with Gasteiger partial charge >= 0.3 is 5.97 Å². The van der Waals surface area contributed by atoms with Crippen LogP contribution in [0.2, 0.25) is 0 Å². The lowest BCUT2D eigenvalue weighted by molar-refractivity contribution is -0.192. The van der Waals surface area contributed by atoms with E-state index in [0.717, 1.165) is 10.0 Å². The zero-order valence-electron chi connectivity index (χ0n) is 17.4. The van der Waals surface area contributed by atoms with E-state index in [0.29, 0.717) is 50.2 Å². The second-order valence-electron chi connectivity index (χ2n) is 7.42. The number of nitrogens with one attached hydrogen (secondary N) is 1. The third kappa shape index (κ3) is 4.64. The molecule has 1 saturated heterocycles. The third-order valence-corrected chi connectivity index (χ3v) is 6.32. The molecule has 1 amide bonds. The van der Waals surface area contributed by atoms with Gasteiger partial charge in [0.05, 0.1) is 33.9 Å². The van der Waals surface area contributed by atoms with E-state index in [1.54, 1.807) is 20.1 Å². The zero-order chi connectivity index (χ0) is 21.8. The van der Waals surface area contributed by atoms with Crippen molar-refractivity contribution < 1.29 is 28.5 Å². The van der Waals surface area contributed by atoms with E-state index in [4.69, 9.17) is 18.9 Å². The number of hydrogen-bond donors (Lipinski definition) is 1. The Labute approximate surface area is 184 Å². The molecule has 1 spiro atoms. The molecule has 0 radical (unpaired) electrons. The Morgan fingerprint density at radius 1 is 1.17 bits per heavy atom. The summed E-state index contributed by atoms with van der Waals surface area (Å²) in [5.74, 6) is 4.98. The van der Waals surface area contributed by atoms with Gasteiger partial charge in [0.1, 0.15) is 11.3 Å². The van der Waals surface area contributed by atoms with Crippen molar-refractivity contribution in [1.82, 2.24) is 5.32 Å². The number of hydrogen-bond acceptors (Lipinski definition) is 6. The maximum Gasteiger partial charge on any atom is 0.331 e. The van der Waals surface area contributed by atoms with Crippen LogP contribution < -0.4 is 10.1 Å². The van der Waals surface area contributed by atoms with Gasteiger partial charge in [-0.05, 0) is 31.9 Å². The summed E-state index contributed by atoms with van der Waals surface area (Å²) in [4.78, 5) is 25.6. The van der Waals surface area contributed by atoms with Crippen LogP contribution in [0.25, 0.3) is 0 Å². The minimum Gasteiger partial charge on any atom is -0.496 e. The highest BCUT2D eigenvalue weighted by Gasteiger charge is 2.51. The van der Waals surface area contributed by atoms with E-state index < -0.39 is 17.3 Å². The highest BCUT2D eigenvalue weighted by Crippen LogP contribution is 2.41. The third-order valence-electron chi connectivity index (χ3n) is 5.61. The Hall–Kier alpha value is -2.08. The lowest BCUT2D eigenvalue weighted by Crippen LogP contribution is -2.59. The van der Waals surface area contributed by atoms with Crippen LogP contribution in [0.4, 0.5) is 0 Å². The van der Waals surface area contributed by atoms with Gasteiger partial charge in [0.25, 0.3) is 0 Å².